The van der Waals surface area contributed by atoms with Gasteiger partial charge >= 0.3 is 0 Å². The Morgan fingerprint density at radius 2 is 1.96 bits per heavy atom. The lowest BCUT2D eigenvalue weighted by atomic mass is 10.1. The molecule has 1 aliphatic heterocycles. The number of aryl methyl sites for hydroxylation is 1. The Labute approximate surface area is 162 Å². The Kier molecular flexibility index (Phi) is 5.20. The Balaban J connectivity index is 1.48. The number of benzene rings is 1. The van der Waals surface area contributed by atoms with Crippen LogP contribution < -0.4 is 5.32 Å². The molecule has 6 nitrogen and oxygen atoms in total. The minimum absolute atomic E-state index is 0.00280. The molecular formula is C20H21N5OS. The molecule has 1 aliphatic rings. The molecule has 0 radical (unpaired) electrons. The van der Waals surface area contributed by atoms with Crippen LogP contribution in [0.1, 0.15) is 29.0 Å². The van der Waals surface area contributed by atoms with Gasteiger partial charge in [-0.15, -0.1) is 22.0 Å². The van der Waals surface area contributed by atoms with E-state index in [4.69, 9.17) is 0 Å². The van der Waals surface area contributed by atoms with Crippen LogP contribution in [0.3, 0.4) is 0 Å². The van der Waals surface area contributed by atoms with Crippen LogP contribution in [0.15, 0.2) is 53.7 Å². The van der Waals surface area contributed by atoms with E-state index in [0.29, 0.717) is 0 Å². The third-order valence-electron chi connectivity index (χ3n) is 4.87. The highest BCUT2D eigenvalue weighted by Crippen LogP contribution is 2.23. The minimum Gasteiger partial charge on any atom is -0.349 e. The molecule has 7 heteroatoms. The second-order valence-electron chi connectivity index (χ2n) is 6.53. The van der Waals surface area contributed by atoms with Crippen LogP contribution in [0.2, 0.25) is 0 Å². The smallest absolute Gasteiger partial charge is 0.252 e. The quantitative estimate of drug-likeness (QED) is 0.705. The normalized spacial score (nSPS) is 16.4. The van der Waals surface area contributed by atoms with Crippen molar-refractivity contribution in [2.45, 2.75) is 36.7 Å². The molecule has 1 N–H and O–H groups in total. The van der Waals surface area contributed by atoms with Crippen molar-refractivity contribution in [3.63, 3.8) is 0 Å². The molecule has 1 amide bonds. The first-order valence-electron chi connectivity index (χ1n) is 9.02. The molecule has 0 saturated carbocycles. The molecular weight excluding hydrogens is 358 g/mol. The van der Waals surface area contributed by atoms with Gasteiger partial charge in [0.1, 0.15) is 5.82 Å². The number of thioether (sulfide) groups is 1. The van der Waals surface area contributed by atoms with E-state index in [2.05, 4.69) is 25.1 Å². The largest absolute Gasteiger partial charge is 0.349 e. The number of carbonyl (C=O) groups excluding carboxylic acids is 1. The summed E-state index contributed by atoms with van der Waals surface area (Å²) in [6.07, 6.45) is 8.04. The van der Waals surface area contributed by atoms with Crippen molar-refractivity contribution >= 4 is 17.7 Å². The summed E-state index contributed by atoms with van der Waals surface area (Å²) in [4.78, 5) is 17.8. The van der Waals surface area contributed by atoms with Crippen LogP contribution in [0.4, 0.5) is 0 Å². The van der Waals surface area contributed by atoms with Gasteiger partial charge in [-0.3, -0.25) is 9.78 Å². The summed E-state index contributed by atoms with van der Waals surface area (Å²) in [5, 5.41) is 11.9. The number of hydrogen-bond donors (Lipinski definition) is 1. The summed E-state index contributed by atoms with van der Waals surface area (Å²) in [6, 6.07) is 11.7. The van der Waals surface area contributed by atoms with Gasteiger partial charge in [-0.05, 0) is 43.4 Å². The van der Waals surface area contributed by atoms with Gasteiger partial charge in [0.15, 0.2) is 5.82 Å². The highest BCUT2D eigenvalue weighted by atomic mass is 32.2. The van der Waals surface area contributed by atoms with Gasteiger partial charge in [-0.2, -0.15) is 0 Å². The zero-order chi connectivity index (χ0) is 18.6. The van der Waals surface area contributed by atoms with Crippen LogP contribution in [-0.4, -0.2) is 38.0 Å². The summed E-state index contributed by atoms with van der Waals surface area (Å²) in [5.74, 6) is 1.84. The van der Waals surface area contributed by atoms with E-state index in [1.807, 2.05) is 42.7 Å². The summed E-state index contributed by atoms with van der Waals surface area (Å²) < 4.78 is 2.16. The number of hydrogen-bond acceptors (Lipinski definition) is 5. The molecule has 1 unspecified atom stereocenters. The van der Waals surface area contributed by atoms with Gasteiger partial charge in [-0.1, -0.05) is 12.1 Å². The fourth-order valence-corrected chi connectivity index (χ4v) is 4.04. The number of nitrogens with one attached hydrogen (secondary N) is 1. The highest BCUT2D eigenvalue weighted by molar-refractivity contribution is 7.98. The zero-order valence-electron chi connectivity index (χ0n) is 15.1. The van der Waals surface area contributed by atoms with Crippen LogP contribution in [0.5, 0.6) is 0 Å². The molecule has 0 spiro atoms. The van der Waals surface area contributed by atoms with Gasteiger partial charge in [0.05, 0.1) is 5.56 Å². The molecule has 3 heterocycles. The lowest BCUT2D eigenvalue weighted by Gasteiger charge is -2.17. The molecule has 3 aromatic rings. The third-order valence-corrected chi connectivity index (χ3v) is 5.67. The maximum absolute atomic E-state index is 12.7. The van der Waals surface area contributed by atoms with Crippen LogP contribution in [0, 0.1) is 0 Å². The molecule has 1 atom stereocenters. The standard InChI is InChI=1S/C20H21N5OS/c1-27-17-5-3-2-4-16(17)20(26)22-15-6-7-18-23-24-19(25(18)13-10-15)14-8-11-21-12-9-14/h2-5,8-9,11-12,15H,6-7,10,13H2,1H3,(H,22,26). The SMILES string of the molecule is CSc1ccccc1C(=O)NC1CCc2nnc(-c3ccncc3)n2CC1. The van der Waals surface area contributed by atoms with Gasteiger partial charge in [0.2, 0.25) is 0 Å². The highest BCUT2D eigenvalue weighted by Gasteiger charge is 2.23. The molecule has 4 rings (SSSR count). The lowest BCUT2D eigenvalue weighted by Crippen LogP contribution is -2.35. The summed E-state index contributed by atoms with van der Waals surface area (Å²) in [7, 11) is 0. The van der Waals surface area contributed by atoms with Gasteiger partial charge in [0, 0.05) is 41.9 Å². The first-order valence-corrected chi connectivity index (χ1v) is 10.2. The average Bonchev–Trinajstić information content (AvgIpc) is 3.03. The zero-order valence-corrected chi connectivity index (χ0v) is 15.9. The summed E-state index contributed by atoms with van der Waals surface area (Å²) in [6.45, 7) is 0.787. The molecule has 0 aliphatic carbocycles. The van der Waals surface area contributed by atoms with E-state index < -0.39 is 0 Å². The van der Waals surface area contributed by atoms with Crippen molar-refractivity contribution < 1.29 is 4.79 Å². The van der Waals surface area contributed by atoms with E-state index in [1.165, 1.54) is 0 Å². The molecule has 1 aromatic carbocycles. The van der Waals surface area contributed by atoms with E-state index in [-0.39, 0.29) is 11.9 Å². The van der Waals surface area contributed by atoms with Crippen molar-refractivity contribution in [1.82, 2.24) is 25.1 Å². The number of nitrogens with zero attached hydrogens (tertiary/aromatic N) is 4. The minimum atomic E-state index is -0.00280. The number of rotatable bonds is 4. The number of aromatic nitrogens is 4. The molecule has 2 aromatic heterocycles. The number of pyridine rings is 1. The molecule has 138 valence electrons. The fourth-order valence-electron chi connectivity index (χ4n) is 3.44. The van der Waals surface area contributed by atoms with Crippen molar-refractivity contribution in [1.29, 1.82) is 0 Å². The van der Waals surface area contributed by atoms with Crippen LogP contribution in [0.25, 0.3) is 11.4 Å². The lowest BCUT2D eigenvalue weighted by molar-refractivity contribution is 0.0930. The Hall–Kier alpha value is -2.67. The Bertz CT molecular complexity index is 941. The predicted molar refractivity (Wildman–Crippen MR) is 106 cm³/mol. The van der Waals surface area contributed by atoms with Crippen molar-refractivity contribution in [3.8, 4) is 11.4 Å². The van der Waals surface area contributed by atoms with Crippen molar-refractivity contribution in [3.05, 3.63) is 60.2 Å². The van der Waals surface area contributed by atoms with Crippen LogP contribution >= 0.6 is 11.8 Å². The molecule has 0 fully saturated rings. The topological polar surface area (TPSA) is 72.7 Å². The predicted octanol–water partition coefficient (Wildman–Crippen LogP) is 3.20. The Morgan fingerprint density at radius 1 is 1.15 bits per heavy atom. The monoisotopic (exact) mass is 379 g/mol. The van der Waals surface area contributed by atoms with E-state index in [0.717, 1.165) is 53.5 Å². The maximum Gasteiger partial charge on any atom is 0.252 e. The number of amides is 1. The Morgan fingerprint density at radius 3 is 2.78 bits per heavy atom. The summed E-state index contributed by atoms with van der Waals surface area (Å²) >= 11 is 1.59. The van der Waals surface area contributed by atoms with Crippen molar-refractivity contribution in [2.24, 2.45) is 0 Å². The molecule has 0 bridgehead atoms. The second kappa shape index (κ2) is 7.92. The van der Waals surface area contributed by atoms with Gasteiger partial charge in [-0.25, -0.2) is 0 Å². The average molecular weight is 379 g/mol. The molecule has 27 heavy (non-hydrogen) atoms. The number of carbonyl (C=O) groups is 1. The second-order valence-corrected chi connectivity index (χ2v) is 7.37. The van der Waals surface area contributed by atoms with E-state index in [1.54, 1.807) is 24.2 Å². The van der Waals surface area contributed by atoms with Gasteiger partial charge < -0.3 is 9.88 Å². The number of fused-ring (bicyclic) bond motifs is 1. The van der Waals surface area contributed by atoms with Crippen molar-refractivity contribution in [2.75, 3.05) is 6.26 Å². The fraction of sp³-hybridized carbons (Fsp3) is 0.300. The molecule has 0 saturated heterocycles. The maximum atomic E-state index is 12.7. The van der Waals surface area contributed by atoms with E-state index >= 15 is 0 Å². The van der Waals surface area contributed by atoms with E-state index in [9.17, 15) is 4.79 Å². The third kappa shape index (κ3) is 3.73. The van der Waals surface area contributed by atoms with Gasteiger partial charge in [0.25, 0.3) is 5.91 Å². The first-order chi connectivity index (χ1) is 13.3. The van der Waals surface area contributed by atoms with Crippen LogP contribution in [-0.2, 0) is 13.0 Å². The summed E-state index contributed by atoms with van der Waals surface area (Å²) in [5.41, 5.74) is 1.76. The first kappa shape index (κ1) is 17.7.